The van der Waals surface area contributed by atoms with Crippen LogP contribution < -0.4 is 10.6 Å². The van der Waals surface area contributed by atoms with Crippen molar-refractivity contribution in [3.8, 4) is 0 Å². The van der Waals surface area contributed by atoms with Gasteiger partial charge in [-0.1, -0.05) is 55.3 Å². The van der Waals surface area contributed by atoms with Crippen LogP contribution in [0, 0.1) is 11.8 Å². The number of benzene rings is 2. The first-order chi connectivity index (χ1) is 18.7. The highest BCUT2D eigenvalue weighted by Gasteiger charge is 2.32. The van der Waals surface area contributed by atoms with Gasteiger partial charge >= 0.3 is 12.2 Å². The summed E-state index contributed by atoms with van der Waals surface area (Å²) in [6, 6.07) is 16.1. The lowest BCUT2D eigenvalue weighted by Gasteiger charge is -2.32. The molecule has 0 spiro atoms. The van der Waals surface area contributed by atoms with E-state index in [-0.39, 0.29) is 18.4 Å². The average molecular weight is 538 g/mol. The largest absolute Gasteiger partial charge is 0.445 e. The molecule has 2 aromatic carbocycles. The summed E-state index contributed by atoms with van der Waals surface area (Å²) in [7, 11) is 0. The van der Waals surface area contributed by atoms with Crippen molar-refractivity contribution in [3.05, 3.63) is 66.1 Å². The molecule has 0 radical (unpaired) electrons. The van der Waals surface area contributed by atoms with Crippen LogP contribution in [0.4, 0.5) is 9.59 Å². The Morgan fingerprint density at radius 1 is 1.00 bits per heavy atom. The number of oxazole rings is 1. The van der Waals surface area contributed by atoms with Gasteiger partial charge in [-0.25, -0.2) is 14.6 Å². The van der Waals surface area contributed by atoms with Gasteiger partial charge in [0.05, 0.1) is 6.04 Å². The second-order valence-corrected chi connectivity index (χ2v) is 11.3. The Hall–Kier alpha value is -3.59. The summed E-state index contributed by atoms with van der Waals surface area (Å²) in [5, 5.41) is 17.0. The van der Waals surface area contributed by atoms with E-state index in [0.29, 0.717) is 30.0 Å². The van der Waals surface area contributed by atoms with Crippen LogP contribution in [-0.2, 0) is 16.1 Å². The maximum Gasteiger partial charge on any atom is 0.407 e. The molecule has 1 aliphatic carbocycles. The highest BCUT2D eigenvalue weighted by molar-refractivity contribution is 5.72. The van der Waals surface area contributed by atoms with Gasteiger partial charge in [0.15, 0.2) is 11.7 Å². The summed E-state index contributed by atoms with van der Waals surface area (Å²) in [6.07, 6.45) is 2.12. The molecule has 3 N–H and O–H groups in total. The molecule has 210 valence electrons. The van der Waals surface area contributed by atoms with Gasteiger partial charge in [-0.2, -0.15) is 0 Å². The van der Waals surface area contributed by atoms with E-state index in [1.54, 1.807) is 6.07 Å². The fourth-order valence-electron chi connectivity index (χ4n) is 4.94. The second-order valence-electron chi connectivity index (χ2n) is 11.3. The number of aliphatic hydroxyl groups is 1. The predicted octanol–water partition coefficient (Wildman–Crippen LogP) is 5.88. The minimum absolute atomic E-state index is 0.133. The Morgan fingerprint density at radius 3 is 2.36 bits per heavy atom. The number of amides is 2. The molecule has 1 aromatic heterocycles. The molecule has 2 amide bonds. The second kappa shape index (κ2) is 13.0. The van der Waals surface area contributed by atoms with E-state index in [1.165, 1.54) is 0 Å². The summed E-state index contributed by atoms with van der Waals surface area (Å²) in [4.78, 5) is 29.2. The number of rotatable bonds is 9. The fourth-order valence-corrected chi connectivity index (χ4v) is 4.94. The van der Waals surface area contributed by atoms with Gasteiger partial charge in [-0.3, -0.25) is 0 Å². The quantitative estimate of drug-likeness (QED) is 0.312. The van der Waals surface area contributed by atoms with E-state index in [1.807, 2.05) is 69.3 Å². The first kappa shape index (κ1) is 28.4. The number of para-hydroxylation sites is 2. The lowest BCUT2D eigenvalue weighted by Crippen LogP contribution is -2.42. The van der Waals surface area contributed by atoms with Crippen molar-refractivity contribution >= 4 is 23.3 Å². The normalized spacial score (nSPS) is 19.2. The van der Waals surface area contributed by atoms with Gasteiger partial charge in [0.25, 0.3) is 0 Å². The van der Waals surface area contributed by atoms with Gasteiger partial charge in [0.1, 0.15) is 17.7 Å². The predicted molar refractivity (Wildman–Crippen MR) is 147 cm³/mol. The molecule has 1 fully saturated rings. The van der Waals surface area contributed by atoms with Crippen molar-refractivity contribution in [2.75, 3.05) is 6.54 Å². The van der Waals surface area contributed by atoms with Crippen molar-refractivity contribution in [2.24, 2.45) is 11.8 Å². The molecule has 3 aromatic rings. The van der Waals surface area contributed by atoms with Crippen molar-refractivity contribution in [2.45, 2.75) is 77.2 Å². The zero-order valence-electron chi connectivity index (χ0n) is 22.9. The minimum Gasteiger partial charge on any atom is -0.445 e. The number of aromatic nitrogens is 1. The molecular formula is C30H39N3O6. The maximum atomic E-state index is 12.7. The highest BCUT2D eigenvalue weighted by Crippen LogP contribution is 2.34. The smallest absolute Gasteiger partial charge is 0.407 e. The SMILES string of the molecule is CC(C)(C)OC(=O)NC[C@H]1CC[C@H](C[C@H](NC(=O)OCc2ccccc2)C(O)c2nc3ccccc3o2)CC1. The molecule has 39 heavy (non-hydrogen) atoms. The monoisotopic (exact) mass is 537 g/mol. The molecule has 4 rings (SSSR count). The van der Waals surface area contributed by atoms with Crippen LogP contribution in [-0.4, -0.2) is 40.5 Å². The number of hydrogen-bond donors (Lipinski definition) is 3. The number of alkyl carbamates (subject to hydrolysis) is 2. The number of aliphatic hydroxyl groups excluding tert-OH is 1. The Balaban J connectivity index is 1.35. The topological polar surface area (TPSA) is 123 Å². The molecule has 0 bridgehead atoms. The molecule has 1 saturated carbocycles. The third kappa shape index (κ3) is 8.71. The van der Waals surface area contributed by atoms with E-state index in [4.69, 9.17) is 13.9 Å². The molecular weight excluding hydrogens is 498 g/mol. The van der Waals surface area contributed by atoms with E-state index < -0.39 is 29.9 Å². The lowest BCUT2D eigenvalue weighted by atomic mass is 9.78. The molecule has 1 unspecified atom stereocenters. The Labute approximate surface area is 229 Å². The molecule has 1 aliphatic rings. The first-order valence-electron chi connectivity index (χ1n) is 13.6. The summed E-state index contributed by atoms with van der Waals surface area (Å²) >= 11 is 0. The summed E-state index contributed by atoms with van der Waals surface area (Å²) in [5.74, 6) is 0.805. The molecule has 0 saturated heterocycles. The van der Waals surface area contributed by atoms with E-state index >= 15 is 0 Å². The number of carbonyl (C=O) groups is 2. The van der Waals surface area contributed by atoms with Gasteiger partial charge < -0.3 is 29.6 Å². The third-order valence-corrected chi connectivity index (χ3v) is 6.95. The van der Waals surface area contributed by atoms with Crippen molar-refractivity contribution in [1.82, 2.24) is 15.6 Å². The zero-order chi connectivity index (χ0) is 27.8. The molecule has 0 aliphatic heterocycles. The first-order valence-corrected chi connectivity index (χ1v) is 13.6. The van der Waals surface area contributed by atoms with Crippen molar-refractivity contribution < 1.29 is 28.6 Å². The number of hydrogen-bond acceptors (Lipinski definition) is 7. The summed E-state index contributed by atoms with van der Waals surface area (Å²) in [5.41, 5.74) is 1.58. The zero-order valence-corrected chi connectivity index (χ0v) is 22.9. The van der Waals surface area contributed by atoms with E-state index in [2.05, 4.69) is 15.6 Å². The van der Waals surface area contributed by atoms with Crippen LogP contribution in [0.2, 0.25) is 0 Å². The maximum absolute atomic E-state index is 12.7. The average Bonchev–Trinajstić information content (AvgIpc) is 3.35. The van der Waals surface area contributed by atoms with Crippen molar-refractivity contribution in [1.29, 1.82) is 0 Å². The van der Waals surface area contributed by atoms with Gasteiger partial charge in [-0.05, 0) is 69.6 Å². The Kier molecular flexibility index (Phi) is 9.45. The van der Waals surface area contributed by atoms with Gasteiger partial charge in [0, 0.05) is 6.54 Å². The van der Waals surface area contributed by atoms with Crippen LogP contribution in [0.5, 0.6) is 0 Å². The van der Waals surface area contributed by atoms with Crippen LogP contribution in [0.1, 0.15) is 70.4 Å². The minimum atomic E-state index is -1.13. The van der Waals surface area contributed by atoms with Crippen molar-refractivity contribution in [3.63, 3.8) is 0 Å². The van der Waals surface area contributed by atoms with Crippen LogP contribution >= 0.6 is 0 Å². The number of ether oxygens (including phenoxy) is 2. The molecule has 9 heteroatoms. The molecule has 1 heterocycles. The molecule has 2 atom stereocenters. The van der Waals surface area contributed by atoms with Crippen LogP contribution in [0.3, 0.4) is 0 Å². The van der Waals surface area contributed by atoms with Crippen LogP contribution in [0.15, 0.2) is 59.0 Å². The number of nitrogens with one attached hydrogen (secondary N) is 2. The summed E-state index contributed by atoms with van der Waals surface area (Å²) in [6.45, 7) is 6.23. The fraction of sp³-hybridized carbons (Fsp3) is 0.500. The summed E-state index contributed by atoms with van der Waals surface area (Å²) < 4.78 is 16.6. The highest BCUT2D eigenvalue weighted by atomic mass is 16.6. The Morgan fingerprint density at radius 2 is 1.67 bits per heavy atom. The molecule has 9 nitrogen and oxygen atoms in total. The standard InChI is InChI=1S/C30H39N3O6/c1-30(2,3)39-28(35)31-18-21-15-13-20(14-16-21)17-24(33-29(36)37-19-22-9-5-4-6-10-22)26(34)27-32-23-11-7-8-12-25(23)38-27/h4-12,20-21,24,26,34H,13-19H2,1-3H3,(H,31,35)(H,33,36)/t20-,21-,24-,26?/m0/s1. The van der Waals surface area contributed by atoms with E-state index in [0.717, 1.165) is 31.2 Å². The lowest BCUT2D eigenvalue weighted by molar-refractivity contribution is 0.0509. The van der Waals surface area contributed by atoms with Crippen LogP contribution in [0.25, 0.3) is 11.1 Å². The third-order valence-electron chi connectivity index (χ3n) is 6.95. The Bertz CT molecular complexity index is 1180. The van der Waals surface area contributed by atoms with E-state index in [9.17, 15) is 14.7 Å². The number of nitrogens with zero attached hydrogens (tertiary/aromatic N) is 1. The number of fused-ring (bicyclic) bond motifs is 1. The van der Waals surface area contributed by atoms with Gasteiger partial charge in [-0.15, -0.1) is 0 Å². The van der Waals surface area contributed by atoms with Gasteiger partial charge in [0.2, 0.25) is 5.89 Å². The number of carbonyl (C=O) groups excluding carboxylic acids is 2.